The highest BCUT2D eigenvalue weighted by atomic mass is 32.2. The molecular weight excluding hydrogens is 168 g/mol. The van der Waals surface area contributed by atoms with E-state index in [0.717, 1.165) is 6.42 Å². The van der Waals surface area contributed by atoms with Gasteiger partial charge in [-0.2, -0.15) is 12.8 Å². The molecule has 5 nitrogen and oxygen atoms in total. The van der Waals surface area contributed by atoms with Crippen LogP contribution < -0.4 is 5.32 Å². The van der Waals surface area contributed by atoms with Gasteiger partial charge in [-0.05, 0) is 12.8 Å². The maximum Gasteiger partial charge on any atom is 0.311 e. The van der Waals surface area contributed by atoms with Gasteiger partial charge in [-0.3, -0.25) is 4.79 Å². The minimum absolute atomic E-state index is 0.291. The summed E-state index contributed by atoms with van der Waals surface area (Å²) in [5.41, 5.74) is 0. The molecule has 0 aromatic heterocycles. The van der Waals surface area contributed by atoms with E-state index < -0.39 is 16.5 Å². The molecule has 1 unspecified atom stereocenters. The Morgan fingerprint density at radius 1 is 1.55 bits per heavy atom. The third-order valence-corrected chi connectivity index (χ3v) is 1.90. The van der Waals surface area contributed by atoms with Crippen LogP contribution in [0.5, 0.6) is 0 Å². The molecule has 0 spiro atoms. The molecule has 0 bridgehead atoms. The third-order valence-electron chi connectivity index (χ3n) is 1.47. The largest absolute Gasteiger partial charge is 0.354 e. The van der Waals surface area contributed by atoms with Gasteiger partial charge in [0.25, 0.3) is 0 Å². The quantitative estimate of drug-likeness (QED) is 0.575. The Bertz CT molecular complexity index is 274. The number of carbonyl (C=O) groups is 1. The zero-order valence-corrected chi connectivity index (χ0v) is 6.60. The number of hydrogen-bond donors (Lipinski definition) is 1. The molecule has 11 heavy (non-hydrogen) atoms. The van der Waals surface area contributed by atoms with Gasteiger partial charge in [-0.1, -0.05) is 0 Å². The Balaban J connectivity index is 2.70. The SMILES string of the molecule is O=C1NCCCC1N=S(=O)=O. The van der Waals surface area contributed by atoms with Crippen LogP contribution in [0.2, 0.25) is 0 Å². The highest BCUT2D eigenvalue weighted by Gasteiger charge is 2.21. The minimum Gasteiger partial charge on any atom is -0.354 e. The third kappa shape index (κ3) is 2.30. The Labute approximate surface area is 65.5 Å². The average Bonchev–Trinajstić information content (AvgIpc) is 1.93. The lowest BCUT2D eigenvalue weighted by Gasteiger charge is -2.15. The van der Waals surface area contributed by atoms with Crippen LogP contribution in [0, 0.1) is 0 Å². The van der Waals surface area contributed by atoms with E-state index in [-0.39, 0.29) is 5.91 Å². The summed E-state index contributed by atoms with van der Waals surface area (Å²) in [5.74, 6) is -0.291. The van der Waals surface area contributed by atoms with Crippen LogP contribution >= 0.6 is 0 Å². The second kappa shape index (κ2) is 3.47. The van der Waals surface area contributed by atoms with Crippen molar-refractivity contribution in [2.75, 3.05) is 6.54 Å². The molecule has 1 aliphatic rings. The molecule has 6 heteroatoms. The molecule has 0 saturated carbocycles. The Kier molecular flexibility index (Phi) is 2.58. The van der Waals surface area contributed by atoms with Gasteiger partial charge in [0.15, 0.2) is 0 Å². The molecule has 1 heterocycles. The van der Waals surface area contributed by atoms with Crippen molar-refractivity contribution >= 4 is 16.4 Å². The van der Waals surface area contributed by atoms with E-state index in [9.17, 15) is 13.2 Å². The van der Waals surface area contributed by atoms with Crippen LogP contribution in [-0.4, -0.2) is 26.9 Å². The normalized spacial score (nSPS) is 24.0. The maximum atomic E-state index is 10.9. The number of amides is 1. The van der Waals surface area contributed by atoms with E-state index in [4.69, 9.17) is 0 Å². The van der Waals surface area contributed by atoms with Gasteiger partial charge in [0.05, 0.1) is 0 Å². The highest BCUT2D eigenvalue weighted by molar-refractivity contribution is 7.61. The number of nitrogens with one attached hydrogen (secondary N) is 1. The van der Waals surface area contributed by atoms with E-state index in [1.807, 2.05) is 0 Å². The molecule has 1 fully saturated rings. The lowest BCUT2D eigenvalue weighted by Crippen LogP contribution is -2.38. The topological polar surface area (TPSA) is 75.6 Å². The molecule has 1 N–H and O–H groups in total. The molecule has 1 saturated heterocycles. The second-order valence-electron chi connectivity index (χ2n) is 2.27. The first-order valence-electron chi connectivity index (χ1n) is 3.28. The molecular formula is C5H8N2O3S. The van der Waals surface area contributed by atoms with E-state index in [0.29, 0.717) is 13.0 Å². The van der Waals surface area contributed by atoms with Crippen molar-refractivity contribution in [1.29, 1.82) is 0 Å². The zero-order valence-electron chi connectivity index (χ0n) is 5.78. The molecule has 0 aromatic rings. The van der Waals surface area contributed by atoms with E-state index in [2.05, 4.69) is 9.68 Å². The van der Waals surface area contributed by atoms with Crippen molar-refractivity contribution in [1.82, 2.24) is 5.32 Å². The van der Waals surface area contributed by atoms with Crippen LogP contribution in [-0.2, 0) is 15.3 Å². The molecule has 0 aromatic carbocycles. The van der Waals surface area contributed by atoms with Gasteiger partial charge in [0.1, 0.15) is 6.04 Å². The lowest BCUT2D eigenvalue weighted by atomic mass is 10.1. The van der Waals surface area contributed by atoms with Gasteiger partial charge >= 0.3 is 10.5 Å². The number of hydrogen-bond acceptors (Lipinski definition) is 4. The Morgan fingerprint density at radius 3 is 2.82 bits per heavy atom. The van der Waals surface area contributed by atoms with Gasteiger partial charge in [-0.25, -0.2) is 0 Å². The van der Waals surface area contributed by atoms with Crippen LogP contribution in [0.25, 0.3) is 0 Å². The van der Waals surface area contributed by atoms with Gasteiger partial charge in [0, 0.05) is 6.54 Å². The van der Waals surface area contributed by atoms with Crippen molar-refractivity contribution in [3.8, 4) is 0 Å². The molecule has 1 aliphatic heterocycles. The summed E-state index contributed by atoms with van der Waals surface area (Å²) in [7, 11) is -2.47. The Hall–Kier alpha value is -0.910. The minimum atomic E-state index is -2.47. The molecule has 1 amide bonds. The smallest absolute Gasteiger partial charge is 0.311 e. The summed E-state index contributed by atoms with van der Waals surface area (Å²) >= 11 is 0. The predicted molar refractivity (Wildman–Crippen MR) is 37.4 cm³/mol. The summed E-state index contributed by atoms with van der Waals surface area (Å²) in [4.78, 5) is 10.9. The first-order chi connectivity index (χ1) is 5.20. The summed E-state index contributed by atoms with van der Waals surface area (Å²) in [5, 5.41) is 2.53. The fraction of sp³-hybridized carbons (Fsp3) is 0.800. The summed E-state index contributed by atoms with van der Waals surface area (Å²) in [6.45, 7) is 0.621. The van der Waals surface area contributed by atoms with Crippen molar-refractivity contribution in [3.63, 3.8) is 0 Å². The molecule has 62 valence electrons. The van der Waals surface area contributed by atoms with Crippen molar-refractivity contribution in [2.24, 2.45) is 4.36 Å². The molecule has 1 atom stereocenters. The second-order valence-corrected chi connectivity index (χ2v) is 2.92. The van der Waals surface area contributed by atoms with Crippen molar-refractivity contribution < 1.29 is 13.2 Å². The molecule has 0 aliphatic carbocycles. The summed E-state index contributed by atoms with van der Waals surface area (Å²) in [6.07, 6.45) is 1.32. The summed E-state index contributed by atoms with van der Waals surface area (Å²) in [6, 6.07) is -0.693. The van der Waals surface area contributed by atoms with Crippen LogP contribution in [0.15, 0.2) is 4.36 Å². The number of carbonyl (C=O) groups excluding carboxylic acids is 1. The fourth-order valence-corrected chi connectivity index (χ4v) is 1.37. The van der Waals surface area contributed by atoms with E-state index in [1.54, 1.807) is 0 Å². The predicted octanol–water partition coefficient (Wildman–Crippen LogP) is -0.672. The highest BCUT2D eigenvalue weighted by Crippen LogP contribution is 2.06. The maximum absolute atomic E-state index is 10.9. The number of piperidine rings is 1. The number of rotatable bonds is 1. The molecule has 1 rings (SSSR count). The monoisotopic (exact) mass is 176 g/mol. The van der Waals surface area contributed by atoms with Crippen LogP contribution in [0.1, 0.15) is 12.8 Å². The summed E-state index contributed by atoms with van der Waals surface area (Å²) < 4.78 is 23.4. The average molecular weight is 176 g/mol. The van der Waals surface area contributed by atoms with Crippen LogP contribution in [0.3, 0.4) is 0 Å². The van der Waals surface area contributed by atoms with E-state index in [1.165, 1.54) is 0 Å². The lowest BCUT2D eigenvalue weighted by molar-refractivity contribution is -0.123. The van der Waals surface area contributed by atoms with Gasteiger partial charge in [-0.15, -0.1) is 0 Å². The van der Waals surface area contributed by atoms with E-state index >= 15 is 0 Å². The standard InChI is InChI=1S/C5H8N2O3S/c8-5-4(7-11(9)10)2-1-3-6-5/h4H,1-3H2,(H,6,8). The van der Waals surface area contributed by atoms with Gasteiger partial charge in [0.2, 0.25) is 5.91 Å². The number of nitrogens with zero attached hydrogens (tertiary/aromatic N) is 1. The molecule has 0 radical (unpaired) electrons. The Morgan fingerprint density at radius 2 is 2.27 bits per heavy atom. The first-order valence-corrected chi connectivity index (χ1v) is 4.31. The van der Waals surface area contributed by atoms with Crippen LogP contribution in [0.4, 0.5) is 0 Å². The van der Waals surface area contributed by atoms with Gasteiger partial charge < -0.3 is 5.32 Å². The zero-order chi connectivity index (χ0) is 8.27. The first kappa shape index (κ1) is 8.19. The van der Waals surface area contributed by atoms with Crippen molar-refractivity contribution in [3.05, 3.63) is 0 Å². The van der Waals surface area contributed by atoms with Crippen molar-refractivity contribution in [2.45, 2.75) is 18.9 Å². The fourth-order valence-electron chi connectivity index (χ4n) is 0.960.